The SMILES string of the molecule is CCOC(=O)C1=C(CN2CC(F)(F)C3C2CCN3C2CC(CC(=O)O)C2)NC(c2nccs2)=NC1c1cccc(F)c1C. The molecule has 6 rings (SSSR count). The van der Waals surface area contributed by atoms with Crippen molar-refractivity contribution in [3.05, 3.63) is 63.0 Å². The fourth-order valence-electron chi connectivity index (χ4n) is 7.12. The number of carbonyl (C=O) groups excluding carboxylic acids is 1. The summed E-state index contributed by atoms with van der Waals surface area (Å²) >= 11 is 1.34. The lowest BCUT2D eigenvalue weighted by Crippen LogP contribution is -2.54. The molecule has 0 amide bonds. The van der Waals surface area contributed by atoms with Crippen molar-refractivity contribution in [3.8, 4) is 0 Å². The molecule has 4 heterocycles. The van der Waals surface area contributed by atoms with E-state index >= 15 is 8.78 Å². The van der Waals surface area contributed by atoms with Crippen molar-refractivity contribution in [1.29, 1.82) is 0 Å². The fourth-order valence-corrected chi connectivity index (χ4v) is 7.71. The van der Waals surface area contributed by atoms with Gasteiger partial charge < -0.3 is 15.2 Å². The number of aromatic nitrogens is 1. The monoisotopic (exact) mass is 617 g/mol. The van der Waals surface area contributed by atoms with Gasteiger partial charge in [0.1, 0.15) is 11.9 Å². The Hall–Kier alpha value is -3.29. The Balaban J connectivity index is 1.33. The van der Waals surface area contributed by atoms with E-state index in [0.717, 1.165) is 0 Å². The van der Waals surface area contributed by atoms with Crippen molar-refractivity contribution in [3.63, 3.8) is 0 Å². The summed E-state index contributed by atoms with van der Waals surface area (Å²) in [7, 11) is 0. The molecule has 1 saturated carbocycles. The third-order valence-electron chi connectivity index (χ3n) is 9.09. The van der Waals surface area contributed by atoms with Crippen molar-refractivity contribution in [2.24, 2.45) is 10.9 Å². The van der Waals surface area contributed by atoms with Gasteiger partial charge in [-0.15, -0.1) is 11.3 Å². The minimum Gasteiger partial charge on any atom is -0.481 e. The largest absolute Gasteiger partial charge is 0.481 e. The summed E-state index contributed by atoms with van der Waals surface area (Å²) in [6, 6.07) is 2.17. The van der Waals surface area contributed by atoms with Gasteiger partial charge in [-0.05, 0) is 56.2 Å². The van der Waals surface area contributed by atoms with Crippen LogP contribution in [0.3, 0.4) is 0 Å². The number of ether oxygens (including phenoxy) is 1. The molecule has 43 heavy (non-hydrogen) atoms. The average molecular weight is 618 g/mol. The number of hydrogen-bond donors (Lipinski definition) is 2. The van der Waals surface area contributed by atoms with Crippen molar-refractivity contribution in [2.45, 2.75) is 69.6 Å². The predicted molar refractivity (Wildman–Crippen MR) is 154 cm³/mol. The lowest BCUT2D eigenvalue weighted by Gasteiger charge is -2.44. The van der Waals surface area contributed by atoms with Crippen LogP contribution in [0.2, 0.25) is 0 Å². The highest BCUT2D eigenvalue weighted by Crippen LogP contribution is 2.47. The smallest absolute Gasteiger partial charge is 0.338 e. The number of hydrogen-bond acceptors (Lipinski definition) is 9. The maximum atomic E-state index is 15.7. The van der Waals surface area contributed by atoms with Gasteiger partial charge in [0.25, 0.3) is 5.92 Å². The Kier molecular flexibility index (Phi) is 8.07. The van der Waals surface area contributed by atoms with E-state index in [2.05, 4.69) is 10.3 Å². The number of thiazole rings is 1. The predicted octanol–water partition coefficient (Wildman–Crippen LogP) is 4.15. The molecule has 1 aliphatic carbocycles. The second-order valence-electron chi connectivity index (χ2n) is 11.7. The molecule has 0 spiro atoms. The zero-order valence-electron chi connectivity index (χ0n) is 23.9. The van der Waals surface area contributed by atoms with Crippen molar-refractivity contribution < 1.29 is 32.6 Å². The summed E-state index contributed by atoms with van der Waals surface area (Å²) in [5, 5.41) is 14.7. The van der Waals surface area contributed by atoms with E-state index in [9.17, 15) is 14.0 Å². The van der Waals surface area contributed by atoms with E-state index in [-0.39, 0.29) is 37.1 Å². The first-order valence-electron chi connectivity index (χ1n) is 14.6. The zero-order chi connectivity index (χ0) is 30.5. The molecule has 1 aromatic carbocycles. The molecule has 4 aliphatic rings. The number of carboxylic acid groups (broad SMARTS) is 1. The van der Waals surface area contributed by atoms with Crippen LogP contribution in [0, 0.1) is 18.7 Å². The number of carboxylic acids is 1. The van der Waals surface area contributed by atoms with Crippen LogP contribution >= 0.6 is 11.3 Å². The van der Waals surface area contributed by atoms with E-state index in [0.29, 0.717) is 53.5 Å². The quantitative estimate of drug-likeness (QED) is 0.405. The van der Waals surface area contributed by atoms with Gasteiger partial charge in [-0.25, -0.2) is 22.9 Å². The number of likely N-dealkylation sites (tertiary alicyclic amines) is 2. The normalized spacial score (nSPS) is 28.7. The second-order valence-corrected chi connectivity index (χ2v) is 12.6. The number of carbonyl (C=O) groups is 2. The van der Waals surface area contributed by atoms with Crippen LogP contribution in [0.5, 0.6) is 0 Å². The number of nitrogens with zero attached hydrogens (tertiary/aromatic N) is 4. The molecule has 9 nitrogen and oxygen atoms in total. The maximum absolute atomic E-state index is 15.7. The van der Waals surface area contributed by atoms with E-state index in [1.54, 1.807) is 42.5 Å². The molecule has 2 N–H and O–H groups in total. The average Bonchev–Trinajstić information content (AvgIpc) is 3.66. The number of fused-ring (bicyclic) bond motifs is 1. The summed E-state index contributed by atoms with van der Waals surface area (Å²) in [6.07, 6.45) is 3.42. The Morgan fingerprint density at radius 3 is 2.77 bits per heavy atom. The minimum absolute atomic E-state index is 0.0142. The molecule has 3 fully saturated rings. The van der Waals surface area contributed by atoms with Crippen LogP contribution in [0.15, 0.2) is 46.0 Å². The molecule has 2 aromatic rings. The maximum Gasteiger partial charge on any atom is 0.338 e. The standard InChI is InChI=1S/C30H34F3N5O4S/c1-3-42-29(41)24-21(35-27(28-34-8-10-43-28)36-25(24)19-5-4-6-20(31)16(19)2)14-37-15-30(32,33)26-22(37)7-9-38(26)18-11-17(12-18)13-23(39)40/h4-6,8,10,17-18,22,25-26H,3,7,9,11-15H2,1-2H3,(H,35,36)(H,39,40). The molecule has 0 radical (unpaired) electrons. The van der Waals surface area contributed by atoms with Crippen LogP contribution in [0.25, 0.3) is 0 Å². The number of aliphatic carboxylic acids is 1. The van der Waals surface area contributed by atoms with Gasteiger partial charge in [0.05, 0.1) is 24.8 Å². The molecule has 3 atom stereocenters. The van der Waals surface area contributed by atoms with E-state index in [1.165, 1.54) is 17.4 Å². The lowest BCUT2D eigenvalue weighted by atomic mass is 9.77. The van der Waals surface area contributed by atoms with E-state index in [1.807, 2.05) is 4.90 Å². The first-order valence-corrected chi connectivity index (χ1v) is 15.4. The van der Waals surface area contributed by atoms with Crippen LogP contribution < -0.4 is 5.32 Å². The van der Waals surface area contributed by atoms with Crippen molar-refractivity contribution >= 4 is 29.1 Å². The van der Waals surface area contributed by atoms with Crippen LogP contribution in [0.4, 0.5) is 13.2 Å². The number of halogens is 3. The van der Waals surface area contributed by atoms with Gasteiger partial charge in [0.15, 0.2) is 10.8 Å². The fraction of sp³-hybridized carbons (Fsp3) is 0.533. The Morgan fingerprint density at radius 2 is 2.07 bits per heavy atom. The van der Waals surface area contributed by atoms with Crippen molar-refractivity contribution in [2.75, 3.05) is 26.2 Å². The molecule has 1 aromatic heterocycles. The molecule has 0 bridgehead atoms. The van der Waals surface area contributed by atoms with Crippen LogP contribution in [-0.2, 0) is 14.3 Å². The molecule has 2 saturated heterocycles. The first kappa shape index (κ1) is 29.8. The number of amidine groups is 1. The zero-order valence-corrected chi connectivity index (χ0v) is 24.7. The van der Waals surface area contributed by atoms with Gasteiger partial charge in [-0.2, -0.15) is 0 Å². The molecule has 13 heteroatoms. The van der Waals surface area contributed by atoms with E-state index in [4.69, 9.17) is 14.8 Å². The number of benzene rings is 1. The van der Waals surface area contributed by atoms with Gasteiger partial charge in [-0.3, -0.25) is 19.6 Å². The van der Waals surface area contributed by atoms with Crippen LogP contribution in [0.1, 0.15) is 54.8 Å². The number of esters is 1. The summed E-state index contributed by atoms with van der Waals surface area (Å²) < 4.78 is 51.6. The second kappa shape index (κ2) is 11.7. The number of alkyl halides is 2. The minimum atomic E-state index is -3.00. The highest BCUT2D eigenvalue weighted by molar-refractivity contribution is 7.11. The highest BCUT2D eigenvalue weighted by Gasteiger charge is 2.61. The third-order valence-corrected chi connectivity index (χ3v) is 9.87. The number of rotatable bonds is 9. The Labute approximate surface area is 251 Å². The lowest BCUT2D eigenvalue weighted by molar-refractivity contribution is -0.140. The summed E-state index contributed by atoms with van der Waals surface area (Å²) in [5.41, 5.74) is 1.35. The van der Waals surface area contributed by atoms with Crippen LogP contribution in [-0.4, -0.2) is 88.0 Å². The number of nitrogens with one attached hydrogen (secondary N) is 1. The van der Waals surface area contributed by atoms with Gasteiger partial charge in [0.2, 0.25) is 0 Å². The van der Waals surface area contributed by atoms with Crippen molar-refractivity contribution in [1.82, 2.24) is 20.1 Å². The molecule has 230 valence electrons. The van der Waals surface area contributed by atoms with E-state index < -0.39 is 48.3 Å². The molecular formula is C30H34F3N5O4S. The van der Waals surface area contributed by atoms with Gasteiger partial charge in [-0.1, -0.05) is 12.1 Å². The highest BCUT2D eigenvalue weighted by atomic mass is 32.1. The molecular weight excluding hydrogens is 583 g/mol. The molecule has 3 unspecified atom stereocenters. The third kappa shape index (κ3) is 5.58. The Bertz CT molecular complexity index is 1460. The Morgan fingerprint density at radius 1 is 1.28 bits per heavy atom. The van der Waals surface area contributed by atoms with Gasteiger partial charge in [0, 0.05) is 48.9 Å². The molecule has 3 aliphatic heterocycles. The summed E-state index contributed by atoms with van der Waals surface area (Å²) in [6.45, 7) is 3.42. The number of aliphatic imine (C=N–C) groups is 1. The summed E-state index contributed by atoms with van der Waals surface area (Å²) in [4.78, 5) is 37.3. The summed E-state index contributed by atoms with van der Waals surface area (Å²) in [5.74, 6) is -4.55. The first-order chi connectivity index (χ1) is 20.6. The topological polar surface area (TPSA) is 107 Å². The van der Waals surface area contributed by atoms with Gasteiger partial charge >= 0.3 is 11.9 Å².